The van der Waals surface area contributed by atoms with E-state index >= 15 is 0 Å². The topological polar surface area (TPSA) is 86.6 Å². The van der Waals surface area contributed by atoms with E-state index in [0.29, 0.717) is 17.9 Å². The van der Waals surface area contributed by atoms with Gasteiger partial charge in [0.1, 0.15) is 4.90 Å². The van der Waals surface area contributed by atoms with Crippen LogP contribution in [0.2, 0.25) is 5.02 Å². The average molecular weight is 473 g/mol. The first kappa shape index (κ1) is 22.7. The first-order valence-electron chi connectivity index (χ1n) is 7.61. The fraction of sp³-hybridized carbons (Fsp3) is 0.533. The maximum atomic E-state index is 11.7. The number of sulfonamides is 1. The Bertz CT molecular complexity index is 769. The molecule has 1 saturated heterocycles. The lowest BCUT2D eigenvalue weighted by Gasteiger charge is -2.29. The van der Waals surface area contributed by atoms with Crippen LogP contribution in [0.15, 0.2) is 23.1 Å². The number of nitrogens with zero attached hydrogens (tertiary/aromatic N) is 2. The highest BCUT2D eigenvalue weighted by molar-refractivity contribution is 8.13. The highest BCUT2D eigenvalue weighted by Crippen LogP contribution is 2.40. The third-order valence-corrected chi connectivity index (χ3v) is 6.68. The molecule has 3 N–H and O–H groups in total. The predicted octanol–water partition coefficient (Wildman–Crippen LogP) is -1.39. The zero-order valence-corrected chi connectivity index (χ0v) is 18.3. The number of hydrogen-bond acceptors (Lipinski definition) is 4. The van der Waals surface area contributed by atoms with Crippen LogP contribution in [0.4, 0.5) is 0 Å². The molecular weight excluding hydrogens is 450 g/mol. The van der Waals surface area contributed by atoms with Crippen LogP contribution >= 0.6 is 23.4 Å². The highest BCUT2D eigenvalue weighted by Gasteiger charge is 2.51. The molecule has 1 unspecified atom stereocenters. The van der Waals surface area contributed by atoms with Crippen molar-refractivity contribution < 1.29 is 35.1 Å². The number of aliphatic hydroxyl groups is 1. The van der Waals surface area contributed by atoms with Crippen molar-refractivity contribution in [3.63, 3.8) is 0 Å². The number of rotatable bonds is 5. The Kier molecular flexibility index (Phi) is 7.80. The van der Waals surface area contributed by atoms with E-state index in [2.05, 4.69) is 6.92 Å². The van der Waals surface area contributed by atoms with E-state index in [1.807, 2.05) is 23.6 Å². The van der Waals surface area contributed by atoms with Crippen LogP contribution in [0.5, 0.6) is 0 Å². The van der Waals surface area contributed by atoms with E-state index in [9.17, 15) is 13.5 Å². The SMILES string of the molecule is CCCCN1C(=[N+](C)C)SCC1(O)c1ccc(Cl)c(S(N)(=O)=O)c1.[Br-]. The summed E-state index contributed by atoms with van der Waals surface area (Å²) in [4.78, 5) is 1.74. The van der Waals surface area contributed by atoms with Gasteiger partial charge in [-0.1, -0.05) is 31.0 Å². The molecule has 142 valence electrons. The Morgan fingerprint density at radius 3 is 2.60 bits per heavy atom. The molecule has 1 fully saturated rings. The van der Waals surface area contributed by atoms with Crippen molar-refractivity contribution in [1.82, 2.24) is 4.90 Å². The van der Waals surface area contributed by atoms with Crippen molar-refractivity contribution >= 4 is 38.6 Å². The number of benzene rings is 1. The first-order chi connectivity index (χ1) is 11.1. The van der Waals surface area contributed by atoms with Crippen LogP contribution in [0.25, 0.3) is 0 Å². The van der Waals surface area contributed by atoms with Crippen LogP contribution < -0.4 is 22.1 Å². The van der Waals surface area contributed by atoms with Crippen LogP contribution in [-0.2, 0) is 15.7 Å². The van der Waals surface area contributed by atoms with E-state index in [1.54, 1.807) is 6.07 Å². The molecule has 0 spiro atoms. The lowest BCUT2D eigenvalue weighted by atomic mass is 10.0. The van der Waals surface area contributed by atoms with Gasteiger partial charge in [-0.05, 0) is 30.3 Å². The van der Waals surface area contributed by atoms with Crippen molar-refractivity contribution in [2.45, 2.75) is 30.4 Å². The summed E-state index contributed by atoms with van der Waals surface area (Å²) in [5, 5.41) is 17.6. The molecule has 1 aliphatic heterocycles. The molecule has 1 heterocycles. The maximum Gasteiger partial charge on any atom is 0.310 e. The van der Waals surface area contributed by atoms with Crippen LogP contribution in [-0.4, -0.2) is 54.6 Å². The minimum Gasteiger partial charge on any atom is -1.00 e. The Morgan fingerprint density at radius 2 is 2.08 bits per heavy atom. The summed E-state index contributed by atoms with van der Waals surface area (Å²) >= 11 is 7.49. The van der Waals surface area contributed by atoms with Gasteiger partial charge in [0, 0.05) is 5.56 Å². The van der Waals surface area contributed by atoms with Crippen molar-refractivity contribution in [2.75, 3.05) is 26.4 Å². The second kappa shape index (κ2) is 8.58. The molecule has 0 amide bonds. The van der Waals surface area contributed by atoms with Gasteiger partial charge < -0.3 is 22.1 Å². The van der Waals surface area contributed by atoms with Crippen LogP contribution in [0.1, 0.15) is 25.3 Å². The lowest BCUT2D eigenvalue weighted by molar-refractivity contribution is -0.468. The average Bonchev–Trinajstić information content (AvgIpc) is 2.82. The second-order valence-corrected chi connectivity index (χ2v) is 8.86. The Balaban J connectivity index is 0.00000312. The summed E-state index contributed by atoms with van der Waals surface area (Å²) in [6, 6.07) is 4.48. The third-order valence-electron chi connectivity index (χ3n) is 3.90. The lowest BCUT2D eigenvalue weighted by Crippen LogP contribution is -3.00. The number of thioether (sulfide) groups is 1. The Morgan fingerprint density at radius 1 is 1.44 bits per heavy atom. The Hall–Kier alpha value is -0.320. The molecule has 25 heavy (non-hydrogen) atoms. The predicted molar refractivity (Wildman–Crippen MR) is 97.9 cm³/mol. The fourth-order valence-corrected chi connectivity index (χ4v) is 5.04. The van der Waals surface area contributed by atoms with Gasteiger partial charge in [0.2, 0.25) is 15.7 Å². The number of halogens is 2. The number of unbranched alkanes of at least 4 members (excludes halogenated alkanes) is 1. The number of primary sulfonamides is 1. The second-order valence-electron chi connectivity index (χ2n) is 5.98. The van der Waals surface area contributed by atoms with Crippen LogP contribution in [0, 0.1) is 0 Å². The largest absolute Gasteiger partial charge is 1.00 e. The normalized spacial score (nSPS) is 20.6. The minimum atomic E-state index is -3.96. The van der Waals surface area contributed by atoms with E-state index in [0.717, 1.165) is 18.0 Å². The van der Waals surface area contributed by atoms with Gasteiger partial charge in [0.15, 0.2) is 0 Å². The van der Waals surface area contributed by atoms with Gasteiger partial charge in [-0.25, -0.2) is 18.5 Å². The molecule has 10 heteroatoms. The van der Waals surface area contributed by atoms with Crippen molar-refractivity contribution in [1.29, 1.82) is 0 Å². The van der Waals surface area contributed by atoms with Crippen molar-refractivity contribution in [3.8, 4) is 0 Å². The molecule has 0 radical (unpaired) electrons. The molecule has 0 bridgehead atoms. The van der Waals surface area contributed by atoms with E-state index in [-0.39, 0.29) is 26.9 Å². The van der Waals surface area contributed by atoms with E-state index in [1.165, 1.54) is 23.9 Å². The zero-order chi connectivity index (χ0) is 18.1. The van der Waals surface area contributed by atoms with Crippen molar-refractivity contribution in [3.05, 3.63) is 28.8 Å². The quantitative estimate of drug-likeness (QED) is 0.516. The fourth-order valence-electron chi connectivity index (χ4n) is 2.66. The molecular formula is C15H23BrClN3O3S2. The number of hydrogen-bond donors (Lipinski definition) is 2. The molecule has 1 aliphatic rings. The third kappa shape index (κ3) is 4.70. The molecule has 2 rings (SSSR count). The smallest absolute Gasteiger partial charge is 0.310 e. The van der Waals surface area contributed by atoms with Gasteiger partial charge in [-0.15, -0.1) is 0 Å². The maximum absolute atomic E-state index is 11.7. The number of nitrogens with two attached hydrogens (primary N) is 1. The highest BCUT2D eigenvalue weighted by atomic mass is 79.9. The molecule has 0 aliphatic carbocycles. The van der Waals surface area contributed by atoms with Gasteiger partial charge in [0.05, 0.1) is 31.4 Å². The molecule has 1 atom stereocenters. The number of amidine groups is 1. The standard InChI is InChI=1S/C15H23ClN3O3S2.BrH/c1-4-5-8-19-14(18(2)3)23-10-15(19,20)11-6-7-12(16)13(9-11)24(17,21)22;/h6-7,9,20H,4-5,8,10H2,1-3H3,(H2,17,21,22);1H/q+1;/p-1. The van der Waals surface area contributed by atoms with E-state index in [4.69, 9.17) is 16.7 Å². The zero-order valence-electron chi connectivity index (χ0n) is 14.4. The summed E-state index contributed by atoms with van der Waals surface area (Å²) in [6.07, 6.45) is 1.90. The van der Waals surface area contributed by atoms with Gasteiger partial charge in [-0.3, -0.25) is 4.58 Å². The molecule has 6 nitrogen and oxygen atoms in total. The van der Waals surface area contributed by atoms with Gasteiger partial charge in [-0.2, -0.15) is 0 Å². The van der Waals surface area contributed by atoms with Gasteiger partial charge in [0.25, 0.3) is 0 Å². The monoisotopic (exact) mass is 471 g/mol. The van der Waals surface area contributed by atoms with Crippen molar-refractivity contribution in [2.24, 2.45) is 5.14 Å². The molecule has 1 aromatic rings. The minimum absolute atomic E-state index is 0. The van der Waals surface area contributed by atoms with Gasteiger partial charge >= 0.3 is 5.17 Å². The molecule has 1 aromatic carbocycles. The van der Waals surface area contributed by atoms with Crippen LogP contribution in [0.3, 0.4) is 0 Å². The Labute approximate surface area is 168 Å². The molecule has 0 saturated carbocycles. The summed E-state index contributed by atoms with van der Waals surface area (Å²) in [5.41, 5.74) is -0.833. The first-order valence-corrected chi connectivity index (χ1v) is 10.5. The molecule has 0 aromatic heterocycles. The van der Waals surface area contributed by atoms with E-state index < -0.39 is 15.7 Å². The summed E-state index contributed by atoms with van der Waals surface area (Å²) in [6.45, 7) is 2.75. The summed E-state index contributed by atoms with van der Waals surface area (Å²) < 4.78 is 25.4. The summed E-state index contributed by atoms with van der Waals surface area (Å²) in [5.74, 6) is 0.399. The summed E-state index contributed by atoms with van der Waals surface area (Å²) in [7, 11) is -0.120.